The summed E-state index contributed by atoms with van der Waals surface area (Å²) in [5.41, 5.74) is -0.705. The number of carbonyl (C=O) groups excluding carboxylic acids is 1. The molecule has 23 heavy (non-hydrogen) atoms. The van der Waals surface area contributed by atoms with Crippen molar-refractivity contribution >= 4 is 5.78 Å². The van der Waals surface area contributed by atoms with Gasteiger partial charge in [0.25, 0.3) is 0 Å². The van der Waals surface area contributed by atoms with Gasteiger partial charge < -0.3 is 14.9 Å². The quantitative estimate of drug-likeness (QED) is 0.780. The Balaban J connectivity index is 1.72. The van der Waals surface area contributed by atoms with Gasteiger partial charge in [0.05, 0.1) is 12.2 Å². The largest absolute Gasteiger partial charge is 0.393 e. The van der Waals surface area contributed by atoms with Crippen LogP contribution in [0, 0.1) is 23.7 Å². The molecule has 3 rings (SSSR count). The monoisotopic (exact) mass is 322 g/mol. The Morgan fingerprint density at radius 2 is 1.96 bits per heavy atom. The first-order valence-electron chi connectivity index (χ1n) is 9.15. The minimum absolute atomic E-state index is 0.0264. The van der Waals surface area contributed by atoms with E-state index in [9.17, 15) is 15.0 Å². The molecule has 0 amide bonds. The normalized spacial score (nSPS) is 43.2. The molecule has 3 saturated carbocycles. The minimum Gasteiger partial charge on any atom is -0.393 e. The number of hydrogen-bond acceptors (Lipinski definition) is 4. The van der Waals surface area contributed by atoms with Gasteiger partial charge in [0.15, 0.2) is 5.78 Å². The van der Waals surface area contributed by atoms with Gasteiger partial charge >= 0.3 is 0 Å². The van der Waals surface area contributed by atoms with Crippen LogP contribution in [0.15, 0.2) is 12.2 Å². The van der Waals surface area contributed by atoms with Gasteiger partial charge in [0.2, 0.25) is 0 Å². The van der Waals surface area contributed by atoms with Crippen molar-refractivity contribution in [2.24, 2.45) is 23.7 Å². The minimum atomic E-state index is -0.705. The number of Topliss-reactive ketones (excluding diaryl/α,β-unsaturated/α-hetero) is 1. The molecule has 6 atom stereocenters. The fourth-order valence-electron chi connectivity index (χ4n) is 5.21. The third-order valence-corrected chi connectivity index (χ3v) is 6.61. The van der Waals surface area contributed by atoms with Gasteiger partial charge in [-0.25, -0.2) is 0 Å². The topological polar surface area (TPSA) is 66.8 Å². The Hall–Kier alpha value is -0.710. The molecular formula is C19H30O4. The smallest absolute Gasteiger partial charge is 0.168 e. The van der Waals surface area contributed by atoms with Crippen LogP contribution < -0.4 is 0 Å². The van der Waals surface area contributed by atoms with Crippen LogP contribution in [0.3, 0.4) is 0 Å². The van der Waals surface area contributed by atoms with Gasteiger partial charge in [-0.05, 0) is 31.6 Å². The van der Waals surface area contributed by atoms with Crippen molar-refractivity contribution in [1.29, 1.82) is 0 Å². The second kappa shape index (κ2) is 6.66. The summed E-state index contributed by atoms with van der Waals surface area (Å²) in [6.45, 7) is 1.93. The van der Waals surface area contributed by atoms with Gasteiger partial charge in [-0.3, -0.25) is 4.79 Å². The molecule has 0 saturated heterocycles. The predicted octanol–water partition coefficient (Wildman–Crippen LogP) is 2.47. The van der Waals surface area contributed by atoms with Gasteiger partial charge in [-0.1, -0.05) is 38.3 Å². The molecule has 0 heterocycles. The fourth-order valence-corrected chi connectivity index (χ4v) is 5.21. The van der Waals surface area contributed by atoms with Crippen molar-refractivity contribution in [3.8, 4) is 0 Å². The maximum absolute atomic E-state index is 12.3. The van der Waals surface area contributed by atoms with E-state index in [4.69, 9.17) is 4.74 Å². The van der Waals surface area contributed by atoms with Crippen LogP contribution in [-0.4, -0.2) is 40.9 Å². The molecule has 0 aromatic carbocycles. The van der Waals surface area contributed by atoms with Crippen molar-refractivity contribution in [2.45, 2.75) is 69.7 Å². The van der Waals surface area contributed by atoms with Crippen LogP contribution in [0.5, 0.6) is 0 Å². The number of ether oxygens (including phenoxy) is 1. The first-order valence-corrected chi connectivity index (χ1v) is 9.15. The van der Waals surface area contributed by atoms with E-state index in [0.717, 1.165) is 12.8 Å². The zero-order valence-corrected chi connectivity index (χ0v) is 14.3. The Labute approximate surface area is 138 Å². The lowest BCUT2D eigenvalue weighted by Gasteiger charge is -2.57. The molecule has 0 aliphatic heterocycles. The van der Waals surface area contributed by atoms with Crippen LogP contribution in [0.1, 0.15) is 51.9 Å². The van der Waals surface area contributed by atoms with E-state index in [2.05, 4.69) is 0 Å². The van der Waals surface area contributed by atoms with Crippen LogP contribution in [-0.2, 0) is 9.53 Å². The number of ketones is 1. The fraction of sp³-hybridized carbons (Fsp3) is 0.842. The third kappa shape index (κ3) is 2.79. The van der Waals surface area contributed by atoms with E-state index >= 15 is 0 Å². The third-order valence-electron chi connectivity index (χ3n) is 6.61. The van der Waals surface area contributed by atoms with Gasteiger partial charge in [-0.2, -0.15) is 0 Å². The van der Waals surface area contributed by atoms with Crippen LogP contribution in [0.2, 0.25) is 0 Å². The van der Waals surface area contributed by atoms with Gasteiger partial charge in [0.1, 0.15) is 5.60 Å². The average Bonchev–Trinajstić information content (AvgIpc) is 2.60. The molecule has 2 N–H and O–H groups in total. The molecule has 3 aliphatic carbocycles. The number of rotatable bonds is 4. The lowest BCUT2D eigenvalue weighted by atomic mass is 9.50. The zero-order valence-electron chi connectivity index (χ0n) is 14.3. The highest BCUT2D eigenvalue weighted by atomic mass is 16.5. The number of aliphatic hydroxyl groups excluding tert-OH is 2. The number of aliphatic hydroxyl groups is 2. The van der Waals surface area contributed by atoms with E-state index in [0.29, 0.717) is 18.8 Å². The molecular weight excluding hydrogens is 292 g/mol. The number of fused-ring (bicyclic) bond motifs is 1. The lowest BCUT2D eigenvalue weighted by Crippen LogP contribution is -2.69. The first-order chi connectivity index (χ1) is 11.0. The summed E-state index contributed by atoms with van der Waals surface area (Å²) in [6, 6.07) is 0. The Kier molecular flexibility index (Phi) is 4.96. The molecule has 0 radical (unpaired) electrons. The van der Waals surface area contributed by atoms with Gasteiger partial charge in [-0.15, -0.1) is 0 Å². The van der Waals surface area contributed by atoms with Crippen molar-refractivity contribution in [1.82, 2.24) is 0 Å². The van der Waals surface area contributed by atoms with Gasteiger partial charge in [0, 0.05) is 24.9 Å². The Morgan fingerprint density at radius 1 is 1.26 bits per heavy atom. The highest BCUT2D eigenvalue weighted by Gasteiger charge is 2.65. The number of methoxy groups -OCH3 is 1. The average molecular weight is 322 g/mol. The summed E-state index contributed by atoms with van der Waals surface area (Å²) in [5, 5.41) is 20.9. The maximum atomic E-state index is 12.3. The SMILES string of the molecule is CO[C@@]12CC[C@H](O)[C@@H](/C=C/[C@H](O)C3CCCCC3)[C@@H]1C(C)C2=O. The van der Waals surface area contributed by atoms with Crippen LogP contribution in [0.25, 0.3) is 0 Å². The number of carbonyl (C=O) groups is 1. The molecule has 130 valence electrons. The second-order valence-electron chi connectivity index (χ2n) is 7.73. The molecule has 4 heteroatoms. The molecule has 3 aliphatic rings. The van der Waals surface area contributed by atoms with Crippen molar-refractivity contribution < 1.29 is 19.7 Å². The highest BCUT2D eigenvalue weighted by Crippen LogP contribution is 2.54. The molecule has 0 aromatic rings. The second-order valence-corrected chi connectivity index (χ2v) is 7.73. The maximum Gasteiger partial charge on any atom is 0.168 e. The molecule has 3 fully saturated rings. The van der Waals surface area contributed by atoms with Crippen molar-refractivity contribution in [2.75, 3.05) is 7.11 Å². The first kappa shape index (κ1) is 17.1. The molecule has 0 spiro atoms. The van der Waals surface area contributed by atoms with Crippen LogP contribution >= 0.6 is 0 Å². The molecule has 4 nitrogen and oxygen atoms in total. The molecule has 0 bridgehead atoms. The van der Waals surface area contributed by atoms with E-state index in [1.165, 1.54) is 19.3 Å². The number of hydrogen-bond donors (Lipinski definition) is 2. The standard InChI is InChI=1S/C19H30O4/c1-12-17-14(8-9-15(20)13-6-4-3-5-7-13)16(21)10-11-19(17,23-2)18(12)22/h8-9,12-17,20-21H,3-7,10-11H2,1-2H3/b9-8+/t12?,14-,15+,16+,17+,19+/m1/s1. The summed E-state index contributed by atoms with van der Waals surface area (Å²) < 4.78 is 5.61. The molecule has 1 unspecified atom stereocenters. The molecule has 0 aromatic heterocycles. The Morgan fingerprint density at radius 3 is 2.61 bits per heavy atom. The Bertz CT molecular complexity index is 468. The highest BCUT2D eigenvalue weighted by molar-refractivity contribution is 5.96. The summed E-state index contributed by atoms with van der Waals surface area (Å²) in [5.74, 6) is 0.357. The summed E-state index contributed by atoms with van der Waals surface area (Å²) in [7, 11) is 1.60. The van der Waals surface area contributed by atoms with Crippen molar-refractivity contribution in [3.63, 3.8) is 0 Å². The van der Waals surface area contributed by atoms with E-state index < -0.39 is 17.8 Å². The zero-order chi connectivity index (χ0) is 16.6. The summed E-state index contributed by atoms with van der Waals surface area (Å²) >= 11 is 0. The van der Waals surface area contributed by atoms with Crippen molar-refractivity contribution in [3.05, 3.63) is 12.2 Å². The lowest BCUT2D eigenvalue weighted by molar-refractivity contribution is -0.206. The summed E-state index contributed by atoms with van der Waals surface area (Å²) in [6.07, 6.45) is 9.96. The van der Waals surface area contributed by atoms with E-state index in [-0.39, 0.29) is 23.5 Å². The van der Waals surface area contributed by atoms with Crippen LogP contribution in [0.4, 0.5) is 0 Å². The van der Waals surface area contributed by atoms with E-state index in [1.807, 2.05) is 19.1 Å². The summed E-state index contributed by atoms with van der Waals surface area (Å²) in [4.78, 5) is 12.3. The predicted molar refractivity (Wildman–Crippen MR) is 87.9 cm³/mol. The van der Waals surface area contributed by atoms with E-state index in [1.54, 1.807) is 7.11 Å².